The maximum Gasteiger partial charge on any atom is 0.283 e. The van der Waals surface area contributed by atoms with Crippen LogP contribution in [0.1, 0.15) is 45.7 Å². The molecule has 0 N–H and O–H groups in total. The highest BCUT2D eigenvalue weighted by molar-refractivity contribution is 6.37. The van der Waals surface area contributed by atoms with E-state index in [1.807, 2.05) is 0 Å². The van der Waals surface area contributed by atoms with Crippen LogP contribution < -0.4 is 4.74 Å². The maximum atomic E-state index is 13.5. The average molecular weight is 522 g/mol. The molecule has 11 heteroatoms. The van der Waals surface area contributed by atoms with Crippen molar-refractivity contribution < 1.29 is 27.1 Å². The highest BCUT2D eigenvalue weighted by Crippen LogP contribution is 2.35. The molecule has 0 saturated carbocycles. The molecule has 1 heterocycles. The number of hydrogen-bond donors (Lipinski definition) is 0. The van der Waals surface area contributed by atoms with Crippen LogP contribution in [-0.4, -0.2) is 22.7 Å². The van der Waals surface area contributed by atoms with Gasteiger partial charge in [-0.3, -0.25) is 9.48 Å². The van der Waals surface area contributed by atoms with Gasteiger partial charge in [-0.2, -0.15) is 5.10 Å². The molecule has 0 spiro atoms. The van der Waals surface area contributed by atoms with Gasteiger partial charge in [-0.1, -0.05) is 46.9 Å². The molecule has 0 aliphatic heterocycles. The largest absolute Gasteiger partial charge is 0.496 e. The van der Waals surface area contributed by atoms with Gasteiger partial charge in [-0.05, 0) is 42.0 Å². The van der Waals surface area contributed by atoms with Crippen LogP contribution in [0, 0.1) is 0 Å². The van der Waals surface area contributed by atoms with Crippen LogP contribution in [-0.2, 0) is 6.54 Å². The van der Waals surface area contributed by atoms with Gasteiger partial charge in [0.2, 0.25) is 0 Å². The minimum atomic E-state index is -3.12. The van der Waals surface area contributed by atoms with E-state index in [4.69, 9.17) is 39.5 Å². The predicted octanol–water partition coefficient (Wildman–Crippen LogP) is 7.67. The second-order valence-corrected chi connectivity index (χ2v) is 7.96. The topological polar surface area (TPSA) is 44.1 Å². The number of nitrogens with zero attached hydrogens (tertiary/aromatic N) is 2. The summed E-state index contributed by atoms with van der Waals surface area (Å²) >= 11 is 17.6. The van der Waals surface area contributed by atoms with Crippen molar-refractivity contribution in [2.75, 3.05) is 7.11 Å². The summed E-state index contributed by atoms with van der Waals surface area (Å²) in [7, 11) is 1.37. The SMILES string of the molecule is COc1ccc(/C=C/C(=O)c2ccc(Cl)cc2Cl)cc1Cn1nc(C(F)F)c(Cl)c1C(F)F. The van der Waals surface area contributed by atoms with Crippen molar-refractivity contribution in [3.8, 4) is 5.75 Å². The van der Waals surface area contributed by atoms with Gasteiger partial charge in [0.25, 0.3) is 12.9 Å². The molecule has 0 amide bonds. The van der Waals surface area contributed by atoms with Gasteiger partial charge in [-0.15, -0.1) is 0 Å². The first-order valence-corrected chi connectivity index (χ1v) is 10.4. The number of carbonyl (C=O) groups is 1. The van der Waals surface area contributed by atoms with Crippen molar-refractivity contribution in [1.29, 1.82) is 0 Å². The molecule has 1 aromatic heterocycles. The molecule has 2 aromatic carbocycles. The monoisotopic (exact) mass is 520 g/mol. The number of rotatable bonds is 8. The molecule has 0 unspecified atom stereocenters. The number of ether oxygens (including phenoxy) is 1. The van der Waals surface area contributed by atoms with Crippen molar-refractivity contribution in [3.63, 3.8) is 0 Å². The zero-order chi connectivity index (χ0) is 24.3. The molecule has 3 rings (SSSR count). The first-order chi connectivity index (χ1) is 15.6. The summed E-state index contributed by atoms with van der Waals surface area (Å²) in [5.74, 6) is -0.0703. The van der Waals surface area contributed by atoms with E-state index in [1.54, 1.807) is 18.2 Å². The Labute approximate surface area is 201 Å². The summed E-state index contributed by atoms with van der Waals surface area (Å²) in [4.78, 5) is 12.5. The van der Waals surface area contributed by atoms with Crippen LogP contribution in [0.15, 0.2) is 42.5 Å². The number of alkyl halides is 4. The number of halogens is 7. The van der Waals surface area contributed by atoms with E-state index in [2.05, 4.69) is 5.10 Å². The van der Waals surface area contributed by atoms with Crippen LogP contribution >= 0.6 is 34.8 Å². The molecule has 174 valence electrons. The standard InChI is InChI=1S/C22H15Cl3F4N2O2/c1-33-17-7-3-11(2-6-16(32)14-5-4-13(23)9-15(14)24)8-12(17)10-31-20(22(28)29)18(25)19(30-31)21(26)27/h2-9,21-22H,10H2,1H3/b6-2+. The van der Waals surface area contributed by atoms with Gasteiger partial charge < -0.3 is 4.74 Å². The summed E-state index contributed by atoms with van der Waals surface area (Å²) in [6.07, 6.45) is -3.46. The van der Waals surface area contributed by atoms with Crippen LogP contribution in [0.5, 0.6) is 5.75 Å². The van der Waals surface area contributed by atoms with Crippen molar-refractivity contribution in [2.45, 2.75) is 19.4 Å². The molecule has 0 atom stereocenters. The molecular formula is C22H15Cl3F4N2O2. The Bertz CT molecular complexity index is 1210. The number of carbonyl (C=O) groups excluding carboxylic acids is 1. The Kier molecular flexibility index (Phi) is 8.05. The number of benzene rings is 2. The number of aromatic nitrogens is 2. The molecule has 0 bridgehead atoms. The Hall–Kier alpha value is -2.55. The summed E-state index contributed by atoms with van der Waals surface area (Å²) in [6.45, 7) is -0.312. The van der Waals surface area contributed by atoms with Crippen molar-refractivity contribution >= 4 is 46.7 Å². The van der Waals surface area contributed by atoms with E-state index in [0.29, 0.717) is 21.9 Å². The quantitative estimate of drug-likeness (QED) is 0.174. The third kappa shape index (κ3) is 5.69. The molecular weight excluding hydrogens is 507 g/mol. The Morgan fingerprint density at radius 1 is 1.09 bits per heavy atom. The van der Waals surface area contributed by atoms with Crippen molar-refractivity contribution in [1.82, 2.24) is 9.78 Å². The lowest BCUT2D eigenvalue weighted by atomic mass is 10.1. The Balaban J connectivity index is 1.93. The van der Waals surface area contributed by atoms with Crippen LogP contribution in [0.3, 0.4) is 0 Å². The van der Waals surface area contributed by atoms with Crippen LogP contribution in [0.2, 0.25) is 15.1 Å². The first kappa shape index (κ1) is 25.1. The molecule has 4 nitrogen and oxygen atoms in total. The third-order valence-electron chi connectivity index (χ3n) is 4.62. The molecule has 0 aliphatic carbocycles. The Morgan fingerprint density at radius 3 is 2.42 bits per heavy atom. The number of hydrogen-bond acceptors (Lipinski definition) is 3. The van der Waals surface area contributed by atoms with E-state index >= 15 is 0 Å². The van der Waals surface area contributed by atoms with Gasteiger partial charge in [0.15, 0.2) is 5.78 Å². The highest BCUT2D eigenvalue weighted by Gasteiger charge is 2.28. The summed E-state index contributed by atoms with van der Waals surface area (Å²) in [5.41, 5.74) is -0.609. The van der Waals surface area contributed by atoms with E-state index in [9.17, 15) is 22.4 Å². The van der Waals surface area contributed by atoms with E-state index < -0.39 is 29.3 Å². The van der Waals surface area contributed by atoms with Crippen molar-refractivity contribution in [3.05, 3.63) is 85.6 Å². The van der Waals surface area contributed by atoms with E-state index in [-0.39, 0.29) is 22.9 Å². The fraction of sp³-hybridized carbons (Fsp3) is 0.182. The zero-order valence-electron chi connectivity index (χ0n) is 16.8. The van der Waals surface area contributed by atoms with Gasteiger partial charge >= 0.3 is 0 Å². The molecule has 3 aromatic rings. The number of allylic oxidation sites excluding steroid dienone is 1. The molecule has 0 radical (unpaired) electrons. The lowest BCUT2D eigenvalue weighted by Gasteiger charge is -2.12. The van der Waals surface area contributed by atoms with Gasteiger partial charge in [0.1, 0.15) is 17.1 Å². The number of methoxy groups -OCH3 is 1. The Morgan fingerprint density at radius 2 is 1.82 bits per heavy atom. The smallest absolute Gasteiger partial charge is 0.283 e. The minimum absolute atomic E-state index is 0.192. The third-order valence-corrected chi connectivity index (χ3v) is 5.55. The maximum absolute atomic E-state index is 13.5. The zero-order valence-corrected chi connectivity index (χ0v) is 19.1. The molecule has 0 saturated heterocycles. The predicted molar refractivity (Wildman–Crippen MR) is 119 cm³/mol. The first-order valence-electron chi connectivity index (χ1n) is 9.29. The van der Waals surface area contributed by atoms with Crippen LogP contribution in [0.4, 0.5) is 17.6 Å². The molecule has 33 heavy (non-hydrogen) atoms. The van der Waals surface area contributed by atoms with E-state index in [1.165, 1.54) is 37.5 Å². The average Bonchev–Trinajstić information content (AvgIpc) is 3.08. The van der Waals surface area contributed by atoms with Gasteiger partial charge in [-0.25, -0.2) is 17.6 Å². The summed E-state index contributed by atoms with van der Waals surface area (Å²) < 4.78 is 59.1. The second-order valence-electron chi connectivity index (χ2n) is 6.74. The lowest BCUT2D eigenvalue weighted by Crippen LogP contribution is -2.08. The van der Waals surface area contributed by atoms with Crippen LogP contribution in [0.25, 0.3) is 6.08 Å². The number of ketones is 1. The molecule has 0 aliphatic rings. The highest BCUT2D eigenvalue weighted by atomic mass is 35.5. The normalized spacial score (nSPS) is 11.7. The summed E-state index contributed by atoms with van der Waals surface area (Å²) in [5, 5.41) is 3.36. The lowest BCUT2D eigenvalue weighted by molar-refractivity contribution is 0.104. The van der Waals surface area contributed by atoms with Gasteiger partial charge in [0, 0.05) is 16.1 Å². The minimum Gasteiger partial charge on any atom is -0.496 e. The fourth-order valence-corrected chi connectivity index (χ4v) is 3.88. The van der Waals surface area contributed by atoms with Crippen molar-refractivity contribution in [2.24, 2.45) is 0 Å². The summed E-state index contributed by atoms with van der Waals surface area (Å²) in [6, 6.07) is 9.20. The fourth-order valence-electron chi connectivity index (χ4n) is 3.08. The molecule has 0 fully saturated rings. The van der Waals surface area contributed by atoms with Gasteiger partial charge in [0.05, 0.1) is 23.7 Å². The second kappa shape index (κ2) is 10.6. The van der Waals surface area contributed by atoms with E-state index in [0.717, 1.165) is 4.68 Å².